The van der Waals surface area contributed by atoms with Crippen LogP contribution in [0, 0.1) is 0 Å². The van der Waals surface area contributed by atoms with Crippen molar-refractivity contribution in [2.45, 2.75) is 18.9 Å². The molecule has 0 bridgehead atoms. The Morgan fingerprint density at radius 2 is 2.30 bits per heavy atom. The Balaban J connectivity index is 2.18. The maximum atomic E-state index is 11.5. The topological polar surface area (TPSA) is 71.5 Å². The number of carbonyl (C=O) groups is 1. The van der Waals surface area contributed by atoms with Crippen LogP contribution in [-0.2, 0) is 0 Å². The normalized spacial score (nSPS) is 18.4. The Labute approximate surface area is 116 Å². The molecule has 104 valence electrons. The Kier molecular flexibility index (Phi) is 3.28. The molecule has 20 heavy (non-hydrogen) atoms. The SMILES string of the molecule is COc1ccc2nc(C3CCCN3)cc(C(=O)O)c2c1. The number of hydrogen-bond acceptors (Lipinski definition) is 4. The van der Waals surface area contributed by atoms with Crippen molar-refractivity contribution >= 4 is 16.9 Å². The molecule has 1 unspecified atom stereocenters. The van der Waals surface area contributed by atoms with Crippen molar-refractivity contribution in [1.29, 1.82) is 0 Å². The molecule has 1 fully saturated rings. The first kappa shape index (κ1) is 12.9. The summed E-state index contributed by atoms with van der Waals surface area (Å²) in [5, 5.41) is 13.4. The molecule has 1 aliphatic heterocycles. The molecule has 1 aliphatic rings. The number of rotatable bonds is 3. The number of hydrogen-bond donors (Lipinski definition) is 2. The van der Waals surface area contributed by atoms with Crippen molar-refractivity contribution in [1.82, 2.24) is 10.3 Å². The average molecular weight is 272 g/mol. The van der Waals surface area contributed by atoms with Gasteiger partial charge in [0.2, 0.25) is 0 Å². The summed E-state index contributed by atoms with van der Waals surface area (Å²) in [5.41, 5.74) is 1.77. The largest absolute Gasteiger partial charge is 0.497 e. The number of aromatic carboxylic acids is 1. The van der Waals surface area contributed by atoms with Gasteiger partial charge in [-0.3, -0.25) is 4.98 Å². The van der Waals surface area contributed by atoms with Gasteiger partial charge in [-0.2, -0.15) is 0 Å². The van der Waals surface area contributed by atoms with Crippen LogP contribution in [0.3, 0.4) is 0 Å². The van der Waals surface area contributed by atoms with Crippen molar-refractivity contribution in [3.8, 4) is 5.75 Å². The van der Waals surface area contributed by atoms with Crippen molar-refractivity contribution in [2.24, 2.45) is 0 Å². The van der Waals surface area contributed by atoms with Gasteiger partial charge in [0.25, 0.3) is 0 Å². The number of nitrogens with zero attached hydrogens (tertiary/aromatic N) is 1. The number of carboxylic acids is 1. The molecule has 2 heterocycles. The van der Waals surface area contributed by atoms with Gasteiger partial charge in [-0.1, -0.05) is 0 Å². The number of nitrogens with one attached hydrogen (secondary N) is 1. The quantitative estimate of drug-likeness (QED) is 0.897. The summed E-state index contributed by atoms with van der Waals surface area (Å²) < 4.78 is 5.15. The summed E-state index contributed by atoms with van der Waals surface area (Å²) >= 11 is 0. The second-order valence-corrected chi connectivity index (χ2v) is 4.93. The molecule has 5 heteroatoms. The molecule has 0 radical (unpaired) electrons. The fraction of sp³-hybridized carbons (Fsp3) is 0.333. The summed E-state index contributed by atoms with van der Waals surface area (Å²) in [6, 6.07) is 7.15. The van der Waals surface area contributed by atoms with Gasteiger partial charge >= 0.3 is 5.97 Å². The smallest absolute Gasteiger partial charge is 0.336 e. The van der Waals surface area contributed by atoms with Gasteiger partial charge in [0, 0.05) is 11.4 Å². The third kappa shape index (κ3) is 2.20. The molecule has 0 saturated carbocycles. The Morgan fingerprint density at radius 1 is 1.45 bits per heavy atom. The van der Waals surface area contributed by atoms with Crippen molar-refractivity contribution < 1.29 is 14.6 Å². The van der Waals surface area contributed by atoms with Crippen LogP contribution in [0.5, 0.6) is 5.75 Å². The highest BCUT2D eigenvalue weighted by Gasteiger charge is 2.21. The fourth-order valence-electron chi connectivity index (χ4n) is 2.64. The van der Waals surface area contributed by atoms with Gasteiger partial charge in [0.05, 0.1) is 23.9 Å². The standard InChI is InChI=1S/C15H16N2O3/c1-20-9-4-5-12-10(7-9)11(15(18)19)8-14(17-12)13-3-2-6-16-13/h4-5,7-8,13,16H,2-3,6H2,1H3,(H,18,19). The monoisotopic (exact) mass is 272 g/mol. The number of methoxy groups -OCH3 is 1. The van der Waals surface area contributed by atoms with Crippen LogP contribution in [0.25, 0.3) is 10.9 Å². The van der Waals surface area contributed by atoms with Crippen molar-refractivity contribution in [3.05, 3.63) is 35.5 Å². The maximum Gasteiger partial charge on any atom is 0.336 e. The van der Waals surface area contributed by atoms with E-state index in [1.54, 1.807) is 31.4 Å². The minimum Gasteiger partial charge on any atom is -0.497 e. The zero-order valence-electron chi connectivity index (χ0n) is 11.2. The number of fused-ring (bicyclic) bond motifs is 1. The molecular formula is C15H16N2O3. The van der Waals surface area contributed by atoms with Gasteiger partial charge < -0.3 is 15.2 Å². The predicted octanol–water partition coefficient (Wildman–Crippen LogP) is 2.37. The van der Waals surface area contributed by atoms with Crippen molar-refractivity contribution in [3.63, 3.8) is 0 Å². The Hall–Kier alpha value is -2.14. The van der Waals surface area contributed by atoms with Crippen LogP contribution in [-0.4, -0.2) is 29.7 Å². The van der Waals surface area contributed by atoms with Gasteiger partial charge in [-0.15, -0.1) is 0 Å². The van der Waals surface area contributed by atoms with Crippen LogP contribution >= 0.6 is 0 Å². The lowest BCUT2D eigenvalue weighted by atomic mass is 10.0. The molecule has 1 saturated heterocycles. The highest BCUT2D eigenvalue weighted by Crippen LogP contribution is 2.28. The van der Waals surface area contributed by atoms with E-state index in [-0.39, 0.29) is 11.6 Å². The summed E-state index contributed by atoms with van der Waals surface area (Å²) in [6.07, 6.45) is 2.09. The van der Waals surface area contributed by atoms with Crippen LogP contribution in [0.4, 0.5) is 0 Å². The van der Waals surface area contributed by atoms with Crippen LogP contribution < -0.4 is 10.1 Å². The molecule has 2 N–H and O–H groups in total. The van der Waals surface area contributed by atoms with E-state index in [2.05, 4.69) is 10.3 Å². The summed E-state index contributed by atoms with van der Waals surface area (Å²) in [4.78, 5) is 16.1. The van der Waals surface area contributed by atoms with Crippen LogP contribution in [0.1, 0.15) is 34.9 Å². The molecule has 2 aromatic rings. The number of aromatic nitrogens is 1. The lowest BCUT2D eigenvalue weighted by Crippen LogP contribution is -2.15. The molecule has 0 amide bonds. The third-order valence-corrected chi connectivity index (χ3v) is 3.68. The van der Waals surface area contributed by atoms with Gasteiger partial charge in [0.15, 0.2) is 0 Å². The molecule has 5 nitrogen and oxygen atoms in total. The first-order valence-corrected chi connectivity index (χ1v) is 6.64. The fourth-order valence-corrected chi connectivity index (χ4v) is 2.64. The van der Waals surface area contributed by atoms with Crippen molar-refractivity contribution in [2.75, 3.05) is 13.7 Å². The first-order valence-electron chi connectivity index (χ1n) is 6.64. The molecule has 1 atom stereocenters. The number of benzene rings is 1. The second kappa shape index (κ2) is 5.09. The number of pyridine rings is 1. The summed E-state index contributed by atoms with van der Waals surface area (Å²) in [7, 11) is 1.56. The second-order valence-electron chi connectivity index (χ2n) is 4.93. The summed E-state index contributed by atoms with van der Waals surface area (Å²) in [5.74, 6) is -0.307. The van der Waals surface area contributed by atoms with Gasteiger partial charge in [0.1, 0.15) is 5.75 Å². The van der Waals surface area contributed by atoms with E-state index < -0.39 is 5.97 Å². The Morgan fingerprint density at radius 3 is 2.95 bits per heavy atom. The molecule has 1 aromatic carbocycles. The minimum atomic E-state index is -0.940. The number of carboxylic acid groups (broad SMARTS) is 1. The summed E-state index contributed by atoms with van der Waals surface area (Å²) in [6.45, 7) is 0.954. The molecular weight excluding hydrogens is 256 g/mol. The predicted molar refractivity (Wildman–Crippen MR) is 75.2 cm³/mol. The third-order valence-electron chi connectivity index (χ3n) is 3.68. The van der Waals surface area contributed by atoms with E-state index in [0.29, 0.717) is 16.7 Å². The van der Waals surface area contributed by atoms with E-state index in [4.69, 9.17) is 4.74 Å². The minimum absolute atomic E-state index is 0.152. The van der Waals surface area contributed by atoms with Gasteiger partial charge in [-0.25, -0.2) is 4.79 Å². The highest BCUT2D eigenvalue weighted by molar-refractivity contribution is 6.03. The molecule has 0 spiro atoms. The van der Waals surface area contributed by atoms with E-state index in [9.17, 15) is 9.90 Å². The molecule has 0 aliphatic carbocycles. The van der Waals surface area contributed by atoms with E-state index in [1.165, 1.54) is 0 Å². The zero-order valence-corrected chi connectivity index (χ0v) is 11.2. The van der Waals surface area contributed by atoms with E-state index in [0.717, 1.165) is 25.1 Å². The first-order chi connectivity index (χ1) is 9.69. The lowest BCUT2D eigenvalue weighted by Gasteiger charge is -2.13. The molecule has 3 rings (SSSR count). The Bertz CT molecular complexity index is 663. The average Bonchev–Trinajstić information content (AvgIpc) is 2.99. The zero-order chi connectivity index (χ0) is 14.1. The highest BCUT2D eigenvalue weighted by atomic mass is 16.5. The lowest BCUT2D eigenvalue weighted by molar-refractivity contribution is 0.0699. The van der Waals surface area contributed by atoms with E-state index >= 15 is 0 Å². The van der Waals surface area contributed by atoms with Gasteiger partial charge in [-0.05, 0) is 43.7 Å². The molecule has 1 aromatic heterocycles. The van der Waals surface area contributed by atoms with Crippen LogP contribution in [0.15, 0.2) is 24.3 Å². The van der Waals surface area contributed by atoms with Crippen LogP contribution in [0.2, 0.25) is 0 Å². The maximum absolute atomic E-state index is 11.5. The van der Waals surface area contributed by atoms with E-state index in [1.807, 2.05) is 0 Å². The number of ether oxygens (including phenoxy) is 1.